The number of hydrogen-bond acceptors (Lipinski definition) is 5. The summed E-state index contributed by atoms with van der Waals surface area (Å²) in [5, 5.41) is 16.7. The Balaban J connectivity index is 1.79. The Morgan fingerprint density at radius 3 is 2.20 bits per heavy atom. The maximum absolute atomic E-state index is 12.8. The van der Waals surface area contributed by atoms with E-state index in [0.717, 1.165) is 12.1 Å². The molecule has 2 amide bonds. The van der Waals surface area contributed by atoms with Crippen molar-refractivity contribution in [3.63, 3.8) is 0 Å². The summed E-state index contributed by atoms with van der Waals surface area (Å²) in [6, 6.07) is 10.6. The second-order valence-electron chi connectivity index (χ2n) is 4.89. The van der Waals surface area contributed by atoms with E-state index in [1.54, 1.807) is 0 Å². The third kappa shape index (κ3) is 5.54. The van der Waals surface area contributed by atoms with Crippen LogP contribution in [0.3, 0.4) is 0 Å². The predicted octanol–water partition coefficient (Wildman–Crippen LogP) is 0.0693. The maximum atomic E-state index is 12.8. The molecule has 2 N–H and O–H groups in total. The van der Waals surface area contributed by atoms with Crippen LogP contribution in [0.5, 0.6) is 0 Å². The van der Waals surface area contributed by atoms with Crippen molar-refractivity contribution < 1.29 is 23.9 Å². The summed E-state index contributed by atoms with van der Waals surface area (Å²) in [6.45, 7) is -0.308. The summed E-state index contributed by atoms with van der Waals surface area (Å²) in [4.78, 5) is 33.9. The Hall–Kier alpha value is -3.55. The number of carbonyl (C=O) groups excluding carboxylic acids is 3. The molecule has 8 heteroatoms. The van der Waals surface area contributed by atoms with E-state index in [1.807, 2.05) is 0 Å². The van der Waals surface area contributed by atoms with Crippen molar-refractivity contribution in [3.8, 4) is 0 Å². The molecule has 0 fully saturated rings. The normalized spacial score (nSPS) is 10.4. The fraction of sp³-hybridized carbons (Fsp3) is 0.0588. The van der Waals surface area contributed by atoms with Crippen LogP contribution in [0.2, 0.25) is 0 Å². The molecular formula is C17H13FN3O4-. The lowest BCUT2D eigenvalue weighted by Crippen LogP contribution is -2.34. The lowest BCUT2D eigenvalue weighted by Gasteiger charge is -2.04. The standard InChI is InChI=1S/C17H14FN3O4/c18-14-7-5-12(6-8-14)16(23)19-10-15(22)21-20-9-11-1-3-13(4-2-11)17(24)25/h1-9H,10H2,(H,19,23)(H,21,22)(H,24,25)/p-1/b20-9-. The van der Waals surface area contributed by atoms with E-state index in [0.29, 0.717) is 5.56 Å². The highest BCUT2D eigenvalue weighted by Crippen LogP contribution is 2.02. The highest BCUT2D eigenvalue weighted by Gasteiger charge is 2.07. The zero-order chi connectivity index (χ0) is 18.2. The van der Waals surface area contributed by atoms with Crippen LogP contribution in [0.15, 0.2) is 53.6 Å². The predicted molar refractivity (Wildman–Crippen MR) is 85.2 cm³/mol. The number of hydrazone groups is 1. The average Bonchev–Trinajstić information content (AvgIpc) is 2.60. The molecule has 0 heterocycles. The molecule has 2 aromatic carbocycles. The van der Waals surface area contributed by atoms with E-state index in [-0.39, 0.29) is 17.7 Å². The van der Waals surface area contributed by atoms with E-state index < -0.39 is 23.6 Å². The van der Waals surface area contributed by atoms with E-state index in [4.69, 9.17) is 0 Å². The third-order valence-electron chi connectivity index (χ3n) is 3.07. The van der Waals surface area contributed by atoms with Crippen LogP contribution in [0.1, 0.15) is 26.3 Å². The molecule has 25 heavy (non-hydrogen) atoms. The molecule has 0 aromatic heterocycles. The van der Waals surface area contributed by atoms with Gasteiger partial charge in [0.25, 0.3) is 11.8 Å². The Morgan fingerprint density at radius 1 is 1.00 bits per heavy atom. The highest BCUT2D eigenvalue weighted by molar-refractivity contribution is 5.96. The number of halogens is 1. The topological polar surface area (TPSA) is 111 Å². The lowest BCUT2D eigenvalue weighted by molar-refractivity contribution is -0.255. The first kappa shape index (κ1) is 17.8. The number of benzene rings is 2. The lowest BCUT2D eigenvalue weighted by atomic mass is 10.1. The molecule has 2 rings (SSSR count). The Morgan fingerprint density at radius 2 is 1.60 bits per heavy atom. The van der Waals surface area contributed by atoms with Crippen LogP contribution < -0.4 is 15.8 Å². The zero-order valence-electron chi connectivity index (χ0n) is 12.9. The van der Waals surface area contributed by atoms with Gasteiger partial charge in [-0.2, -0.15) is 5.10 Å². The zero-order valence-corrected chi connectivity index (χ0v) is 12.9. The number of carboxylic acids is 1. The summed E-state index contributed by atoms with van der Waals surface area (Å²) >= 11 is 0. The second kappa shape index (κ2) is 8.34. The van der Waals surface area contributed by atoms with Gasteiger partial charge < -0.3 is 15.2 Å². The van der Waals surface area contributed by atoms with Crippen LogP contribution in [-0.4, -0.2) is 30.5 Å². The number of amides is 2. The van der Waals surface area contributed by atoms with E-state index >= 15 is 0 Å². The van der Waals surface area contributed by atoms with Crippen LogP contribution in [0.25, 0.3) is 0 Å². The first-order chi connectivity index (χ1) is 12.0. The first-order valence-corrected chi connectivity index (χ1v) is 7.13. The van der Waals surface area contributed by atoms with Crippen molar-refractivity contribution in [2.45, 2.75) is 0 Å². The van der Waals surface area contributed by atoms with Crippen molar-refractivity contribution in [3.05, 3.63) is 71.0 Å². The molecule has 128 valence electrons. The molecule has 0 saturated heterocycles. The van der Waals surface area contributed by atoms with Crippen LogP contribution in [-0.2, 0) is 4.79 Å². The molecule has 7 nitrogen and oxygen atoms in total. The molecule has 0 aliphatic heterocycles. The molecule has 0 unspecified atom stereocenters. The Kier molecular flexibility index (Phi) is 5.94. The SMILES string of the molecule is O=C(CNC(=O)c1ccc(F)cc1)N/N=C\c1ccc(C(=O)[O-])cc1. The number of carboxylic acid groups (broad SMARTS) is 1. The monoisotopic (exact) mass is 342 g/mol. The molecule has 0 bridgehead atoms. The summed E-state index contributed by atoms with van der Waals surface area (Å²) in [6.07, 6.45) is 1.32. The molecule has 0 atom stereocenters. The Labute approximate surface area is 142 Å². The maximum Gasteiger partial charge on any atom is 0.259 e. The largest absolute Gasteiger partial charge is 0.545 e. The number of nitrogens with zero attached hydrogens (tertiary/aromatic N) is 1. The minimum absolute atomic E-state index is 0.0321. The van der Waals surface area contributed by atoms with E-state index in [2.05, 4.69) is 15.8 Å². The molecule has 0 aliphatic carbocycles. The van der Waals surface area contributed by atoms with Crippen molar-refractivity contribution >= 4 is 24.0 Å². The highest BCUT2D eigenvalue weighted by atomic mass is 19.1. The third-order valence-corrected chi connectivity index (χ3v) is 3.07. The number of hydrogen-bond donors (Lipinski definition) is 2. The Bertz CT molecular complexity index is 802. The molecule has 0 aliphatic rings. The molecule has 0 saturated carbocycles. The van der Waals surface area contributed by atoms with Crippen molar-refractivity contribution in [1.29, 1.82) is 0 Å². The van der Waals surface area contributed by atoms with Gasteiger partial charge in [0.1, 0.15) is 5.82 Å². The van der Waals surface area contributed by atoms with E-state index in [9.17, 15) is 23.9 Å². The van der Waals surface area contributed by atoms with Gasteiger partial charge in [0.2, 0.25) is 0 Å². The van der Waals surface area contributed by atoms with Crippen molar-refractivity contribution in [1.82, 2.24) is 10.7 Å². The van der Waals surface area contributed by atoms with Gasteiger partial charge in [0.15, 0.2) is 0 Å². The minimum Gasteiger partial charge on any atom is -0.545 e. The number of aromatic carboxylic acids is 1. The quantitative estimate of drug-likeness (QED) is 0.571. The summed E-state index contributed by atoms with van der Waals surface area (Å²) in [5.74, 6) is -2.82. The molecule has 2 aromatic rings. The van der Waals surface area contributed by atoms with Crippen LogP contribution in [0.4, 0.5) is 4.39 Å². The van der Waals surface area contributed by atoms with Gasteiger partial charge >= 0.3 is 0 Å². The van der Waals surface area contributed by atoms with Gasteiger partial charge in [-0.25, -0.2) is 9.82 Å². The molecule has 0 radical (unpaired) electrons. The van der Waals surface area contributed by atoms with Gasteiger partial charge in [0.05, 0.1) is 18.7 Å². The van der Waals surface area contributed by atoms with Gasteiger partial charge in [-0.05, 0) is 35.4 Å². The van der Waals surface area contributed by atoms with Crippen molar-refractivity contribution in [2.75, 3.05) is 6.54 Å². The summed E-state index contributed by atoms with van der Waals surface area (Å²) in [5.41, 5.74) is 3.04. The number of rotatable bonds is 6. The minimum atomic E-state index is -1.28. The van der Waals surface area contributed by atoms with Crippen molar-refractivity contribution in [2.24, 2.45) is 5.10 Å². The fourth-order valence-electron chi connectivity index (χ4n) is 1.79. The molecule has 0 spiro atoms. The fourth-order valence-corrected chi connectivity index (χ4v) is 1.79. The number of nitrogens with one attached hydrogen (secondary N) is 2. The second-order valence-corrected chi connectivity index (χ2v) is 4.89. The van der Waals surface area contributed by atoms with Crippen LogP contribution in [0, 0.1) is 5.82 Å². The van der Waals surface area contributed by atoms with E-state index in [1.165, 1.54) is 42.6 Å². The van der Waals surface area contributed by atoms with Gasteiger partial charge in [-0.3, -0.25) is 9.59 Å². The van der Waals surface area contributed by atoms with Gasteiger partial charge in [-0.15, -0.1) is 0 Å². The van der Waals surface area contributed by atoms with Crippen LogP contribution >= 0.6 is 0 Å². The summed E-state index contributed by atoms with van der Waals surface area (Å²) < 4.78 is 12.8. The van der Waals surface area contributed by atoms with Gasteiger partial charge in [0, 0.05) is 5.56 Å². The summed E-state index contributed by atoms with van der Waals surface area (Å²) in [7, 11) is 0. The smallest absolute Gasteiger partial charge is 0.259 e. The molecular weight excluding hydrogens is 329 g/mol. The first-order valence-electron chi connectivity index (χ1n) is 7.13. The van der Waals surface area contributed by atoms with Gasteiger partial charge in [-0.1, -0.05) is 24.3 Å². The average molecular weight is 342 g/mol. The number of carbonyl (C=O) groups is 3.